The summed E-state index contributed by atoms with van der Waals surface area (Å²) in [7, 11) is 0. The topological polar surface area (TPSA) is 49.0 Å². The average Bonchev–Trinajstić information content (AvgIpc) is 4.03. The fourth-order valence-electron chi connectivity index (χ4n) is 10.1. The van der Waals surface area contributed by atoms with Gasteiger partial charge in [0, 0.05) is 66.0 Å². The lowest BCUT2D eigenvalue weighted by Crippen LogP contribution is -2.30. The van der Waals surface area contributed by atoms with E-state index in [0.29, 0.717) is 0 Å². The first-order valence-electron chi connectivity index (χ1n) is 20.2. The van der Waals surface area contributed by atoms with Crippen LogP contribution in [-0.2, 0) is 5.54 Å². The Kier molecular flexibility index (Phi) is 6.57. The molecule has 1 unspecified atom stereocenters. The molecule has 1 aliphatic carbocycles. The zero-order valence-electron chi connectivity index (χ0n) is 32.2. The van der Waals surface area contributed by atoms with Gasteiger partial charge in [-0.3, -0.25) is 4.98 Å². The van der Waals surface area contributed by atoms with Crippen LogP contribution in [0, 0.1) is 0 Å². The number of fused-ring (bicyclic) bond motifs is 12. The minimum atomic E-state index is -0.402. The van der Waals surface area contributed by atoms with Gasteiger partial charge in [-0.1, -0.05) is 97.1 Å². The predicted octanol–water partition coefficient (Wildman–Crippen LogP) is 14.4. The van der Waals surface area contributed by atoms with Gasteiger partial charge in [-0.2, -0.15) is 0 Å². The van der Waals surface area contributed by atoms with Crippen molar-refractivity contribution in [1.82, 2.24) is 14.1 Å². The van der Waals surface area contributed by atoms with E-state index in [1.165, 1.54) is 49.3 Å². The smallest absolute Gasteiger partial charge is 0.135 e. The van der Waals surface area contributed by atoms with Crippen molar-refractivity contribution in [2.75, 3.05) is 0 Å². The Labute approximate surface area is 338 Å². The summed E-state index contributed by atoms with van der Waals surface area (Å²) in [5.41, 5.74) is 13.7. The Morgan fingerprint density at radius 3 is 1.78 bits per heavy atom. The second-order valence-corrected chi connectivity index (χ2v) is 16.2. The summed E-state index contributed by atoms with van der Waals surface area (Å²) < 4.78 is 17.7. The molecule has 5 heterocycles. The van der Waals surface area contributed by atoms with Crippen LogP contribution in [0.5, 0.6) is 0 Å². The van der Waals surface area contributed by atoms with E-state index in [1.807, 2.05) is 24.5 Å². The van der Waals surface area contributed by atoms with Crippen molar-refractivity contribution < 1.29 is 8.83 Å². The van der Waals surface area contributed by atoms with Crippen LogP contribution >= 0.6 is 0 Å². The molecule has 5 aromatic heterocycles. The Balaban J connectivity index is 1.02. The summed E-state index contributed by atoms with van der Waals surface area (Å²) in [6.45, 7) is 2.39. The molecule has 1 aliphatic rings. The maximum absolute atomic E-state index is 6.53. The van der Waals surface area contributed by atoms with Crippen LogP contribution in [0.2, 0.25) is 0 Å². The first kappa shape index (κ1) is 32.5. The van der Waals surface area contributed by atoms with Crippen LogP contribution in [0.3, 0.4) is 0 Å². The third kappa shape index (κ3) is 4.70. The fraction of sp³-hybridized carbons (Fsp3) is 0.0556. The van der Waals surface area contributed by atoms with Gasteiger partial charge in [0.2, 0.25) is 0 Å². The van der Waals surface area contributed by atoms with E-state index >= 15 is 0 Å². The van der Waals surface area contributed by atoms with Gasteiger partial charge in [0.05, 0.1) is 22.8 Å². The number of pyridine rings is 1. The highest BCUT2D eigenvalue weighted by molar-refractivity contribution is 6.12. The molecule has 0 spiro atoms. The third-order valence-electron chi connectivity index (χ3n) is 12.7. The fourth-order valence-corrected chi connectivity index (χ4v) is 10.1. The maximum atomic E-state index is 6.53. The van der Waals surface area contributed by atoms with Crippen molar-refractivity contribution in [2.45, 2.75) is 18.9 Å². The van der Waals surface area contributed by atoms with Crippen molar-refractivity contribution in [3.63, 3.8) is 0 Å². The summed E-state index contributed by atoms with van der Waals surface area (Å²) >= 11 is 0. The molecular weight excluding hydrogens is 723 g/mol. The first-order chi connectivity index (χ1) is 29.1. The maximum Gasteiger partial charge on any atom is 0.135 e. The predicted molar refractivity (Wildman–Crippen MR) is 243 cm³/mol. The molecule has 59 heavy (non-hydrogen) atoms. The monoisotopic (exact) mass is 757 g/mol. The Hall–Kier alpha value is -7.63. The SMILES string of the molecule is CC1(n2c3ccccc3c3ccccc32)C=C(c2ccc3oc4ccccc4c3c2)C=C(c2ccc3oc4ccc(-n5c6ccccc6c6ccncc65)cc4c3c2)C1. The van der Waals surface area contributed by atoms with E-state index in [-0.39, 0.29) is 0 Å². The number of furan rings is 2. The van der Waals surface area contributed by atoms with E-state index < -0.39 is 5.54 Å². The van der Waals surface area contributed by atoms with Crippen LogP contribution in [-0.4, -0.2) is 14.1 Å². The number of rotatable bonds is 4. The lowest BCUT2D eigenvalue weighted by Gasteiger charge is -2.35. The average molecular weight is 758 g/mol. The van der Waals surface area contributed by atoms with Crippen LogP contribution in [0.4, 0.5) is 0 Å². The van der Waals surface area contributed by atoms with E-state index in [4.69, 9.17) is 8.83 Å². The lowest BCUT2D eigenvalue weighted by molar-refractivity contribution is 0.446. The molecular formula is C54H35N3O2. The highest BCUT2D eigenvalue weighted by atomic mass is 16.3. The van der Waals surface area contributed by atoms with Crippen molar-refractivity contribution in [2.24, 2.45) is 0 Å². The van der Waals surface area contributed by atoms with Crippen LogP contribution in [0.25, 0.3) is 104 Å². The molecule has 7 aromatic carbocycles. The first-order valence-corrected chi connectivity index (χ1v) is 20.2. The number of hydrogen-bond donors (Lipinski definition) is 0. The highest BCUT2D eigenvalue weighted by Crippen LogP contribution is 2.46. The lowest BCUT2D eigenvalue weighted by atomic mass is 9.80. The molecule has 0 amide bonds. The molecule has 0 aliphatic heterocycles. The summed E-state index contributed by atoms with van der Waals surface area (Å²) in [6.07, 6.45) is 9.53. The van der Waals surface area contributed by atoms with Gasteiger partial charge < -0.3 is 18.0 Å². The summed E-state index contributed by atoms with van der Waals surface area (Å²) in [4.78, 5) is 4.52. The van der Waals surface area contributed by atoms with E-state index in [9.17, 15) is 0 Å². The number of para-hydroxylation sites is 4. The Morgan fingerprint density at radius 2 is 1.03 bits per heavy atom. The van der Waals surface area contributed by atoms with Gasteiger partial charge in [-0.05, 0) is 108 Å². The molecule has 0 N–H and O–H groups in total. The molecule has 0 saturated carbocycles. The molecule has 13 rings (SSSR count). The Morgan fingerprint density at radius 1 is 0.492 bits per heavy atom. The molecule has 0 fully saturated rings. The standard InChI is InChI=1S/C54H35N3O2/c1-54(57-47-15-7-3-11-39(47)40-12-4-8-16-48(40)57)30-35(33-18-21-51-43(27-33)42-13-5-9-17-50(42)58-51)26-36(31-54)34-19-22-52-44(28-34)45-29-37(20-23-53(45)59-52)56-46-14-6-2-10-38(46)41-24-25-55-32-49(41)56/h2-30,32H,31H2,1H3. The minimum absolute atomic E-state index is 0.402. The molecule has 12 aromatic rings. The Bertz CT molecular complexity index is 3690. The van der Waals surface area contributed by atoms with Crippen LogP contribution < -0.4 is 0 Å². The second kappa shape index (κ2) is 11.9. The second-order valence-electron chi connectivity index (χ2n) is 16.2. The van der Waals surface area contributed by atoms with Gasteiger partial charge in [-0.15, -0.1) is 0 Å². The molecule has 0 saturated heterocycles. The van der Waals surface area contributed by atoms with Gasteiger partial charge in [0.1, 0.15) is 22.3 Å². The summed E-state index contributed by atoms with van der Waals surface area (Å²) in [6, 6.07) is 56.5. The van der Waals surface area contributed by atoms with Crippen molar-refractivity contribution in [1.29, 1.82) is 0 Å². The van der Waals surface area contributed by atoms with Gasteiger partial charge in [0.15, 0.2) is 0 Å². The number of nitrogens with zero attached hydrogens (tertiary/aromatic N) is 3. The minimum Gasteiger partial charge on any atom is -0.456 e. The zero-order valence-corrected chi connectivity index (χ0v) is 32.2. The zero-order chi connectivity index (χ0) is 38.8. The van der Waals surface area contributed by atoms with E-state index in [1.54, 1.807) is 0 Å². The quantitative estimate of drug-likeness (QED) is 0.180. The molecule has 1 atom stereocenters. The number of allylic oxidation sites excluding steroid dienone is 4. The summed E-state index contributed by atoms with van der Waals surface area (Å²) in [5, 5.41) is 9.37. The molecule has 0 radical (unpaired) electrons. The number of hydrogen-bond acceptors (Lipinski definition) is 3. The van der Waals surface area contributed by atoms with E-state index in [2.05, 4.69) is 179 Å². The molecule has 0 bridgehead atoms. The molecule has 5 nitrogen and oxygen atoms in total. The van der Waals surface area contributed by atoms with Crippen LogP contribution in [0.15, 0.2) is 191 Å². The van der Waals surface area contributed by atoms with Gasteiger partial charge in [0.25, 0.3) is 0 Å². The normalized spacial score (nSPS) is 16.1. The largest absolute Gasteiger partial charge is 0.456 e. The number of benzene rings is 7. The van der Waals surface area contributed by atoms with Gasteiger partial charge in [-0.25, -0.2) is 0 Å². The van der Waals surface area contributed by atoms with E-state index in [0.717, 1.165) is 72.6 Å². The van der Waals surface area contributed by atoms with Crippen molar-refractivity contribution in [3.8, 4) is 5.69 Å². The van der Waals surface area contributed by atoms with Crippen molar-refractivity contribution >= 4 is 98.6 Å². The molecule has 5 heteroatoms. The van der Waals surface area contributed by atoms with Gasteiger partial charge >= 0.3 is 0 Å². The third-order valence-corrected chi connectivity index (χ3v) is 12.7. The summed E-state index contributed by atoms with van der Waals surface area (Å²) in [5.74, 6) is 0. The highest BCUT2D eigenvalue weighted by Gasteiger charge is 2.33. The van der Waals surface area contributed by atoms with Crippen molar-refractivity contribution in [3.05, 3.63) is 193 Å². The number of aromatic nitrogens is 3. The van der Waals surface area contributed by atoms with Crippen LogP contribution in [0.1, 0.15) is 24.5 Å². The molecule has 278 valence electrons.